The number of carbonyl (C=O) groups is 3. The van der Waals surface area contributed by atoms with Crippen LogP contribution in [0.3, 0.4) is 0 Å². The van der Waals surface area contributed by atoms with Crippen LogP contribution in [0.1, 0.15) is 20.8 Å². The first-order valence-corrected chi connectivity index (χ1v) is 6.24. The maximum Gasteiger partial charge on any atom is 0.407 e. The highest BCUT2D eigenvalue weighted by Gasteiger charge is 2.08. The van der Waals surface area contributed by atoms with Gasteiger partial charge in [0, 0.05) is 5.57 Å². The van der Waals surface area contributed by atoms with Crippen LogP contribution >= 0.6 is 0 Å². The van der Waals surface area contributed by atoms with Crippen LogP contribution in [0.15, 0.2) is 12.2 Å². The van der Waals surface area contributed by atoms with Gasteiger partial charge in [-0.1, -0.05) is 20.4 Å². The highest BCUT2D eigenvalue weighted by molar-refractivity contribution is 5.86. The van der Waals surface area contributed by atoms with Gasteiger partial charge < -0.3 is 19.5 Å². The average molecular weight is 287 g/mol. The van der Waals surface area contributed by atoms with E-state index >= 15 is 0 Å². The van der Waals surface area contributed by atoms with Crippen LogP contribution in [0.5, 0.6) is 0 Å². The van der Waals surface area contributed by atoms with Crippen molar-refractivity contribution < 1.29 is 28.6 Å². The monoisotopic (exact) mass is 287 g/mol. The van der Waals surface area contributed by atoms with Gasteiger partial charge in [-0.25, -0.2) is 9.59 Å². The molecular weight excluding hydrogens is 266 g/mol. The smallest absolute Gasteiger partial charge is 0.407 e. The maximum atomic E-state index is 11.2. The van der Waals surface area contributed by atoms with Crippen LogP contribution in [-0.4, -0.2) is 44.4 Å². The molecule has 0 radical (unpaired) electrons. The lowest BCUT2D eigenvalue weighted by molar-refractivity contribution is -0.148. The van der Waals surface area contributed by atoms with Crippen molar-refractivity contribution in [3.63, 3.8) is 0 Å². The Morgan fingerprint density at radius 3 is 2.20 bits per heavy atom. The van der Waals surface area contributed by atoms with Gasteiger partial charge in [0.2, 0.25) is 0 Å². The van der Waals surface area contributed by atoms with Crippen molar-refractivity contribution in [3.05, 3.63) is 12.2 Å². The number of hydrogen-bond donors (Lipinski definition) is 1. The third-order valence-corrected chi connectivity index (χ3v) is 1.99. The lowest BCUT2D eigenvalue weighted by Gasteiger charge is -2.09. The number of nitrogens with one attached hydrogen (secondary N) is 1. The molecule has 0 bridgehead atoms. The van der Waals surface area contributed by atoms with Crippen molar-refractivity contribution in [2.45, 2.75) is 20.8 Å². The molecule has 0 fully saturated rings. The van der Waals surface area contributed by atoms with E-state index in [-0.39, 0.29) is 38.3 Å². The Kier molecular flexibility index (Phi) is 8.82. The van der Waals surface area contributed by atoms with Crippen molar-refractivity contribution in [1.29, 1.82) is 0 Å². The van der Waals surface area contributed by atoms with Crippen LogP contribution in [0, 0.1) is 5.92 Å². The van der Waals surface area contributed by atoms with E-state index in [1.807, 2.05) is 0 Å². The molecule has 0 aromatic rings. The summed E-state index contributed by atoms with van der Waals surface area (Å²) in [4.78, 5) is 33.3. The van der Waals surface area contributed by atoms with E-state index in [1.54, 1.807) is 13.8 Å². The second kappa shape index (κ2) is 9.82. The lowest BCUT2D eigenvalue weighted by atomic mass is 10.2. The summed E-state index contributed by atoms with van der Waals surface area (Å²) in [7, 11) is 0. The molecule has 0 aliphatic heterocycles. The normalized spacial score (nSPS) is 9.80. The van der Waals surface area contributed by atoms with Gasteiger partial charge in [0.15, 0.2) is 0 Å². The minimum absolute atomic E-state index is 0.00901. The van der Waals surface area contributed by atoms with Gasteiger partial charge >= 0.3 is 18.0 Å². The van der Waals surface area contributed by atoms with E-state index in [2.05, 4.69) is 11.9 Å². The van der Waals surface area contributed by atoms with Gasteiger partial charge in [0.1, 0.15) is 19.8 Å². The standard InChI is InChI=1S/C13H21NO6/c1-9(2)11(15)18-6-5-14-13(17)20-8-7-19-12(16)10(3)4/h10H,1,5-8H2,2-4H3,(H,14,17). The van der Waals surface area contributed by atoms with E-state index in [0.29, 0.717) is 5.57 Å². The molecule has 0 aromatic heterocycles. The average Bonchev–Trinajstić information content (AvgIpc) is 2.38. The molecular formula is C13H21NO6. The Hall–Kier alpha value is -2.05. The second-order valence-corrected chi connectivity index (χ2v) is 4.30. The Labute approximate surface area is 118 Å². The summed E-state index contributed by atoms with van der Waals surface area (Å²) in [5.41, 5.74) is 0.291. The molecule has 0 spiro atoms. The van der Waals surface area contributed by atoms with Crippen molar-refractivity contribution in [2.75, 3.05) is 26.4 Å². The molecule has 0 atom stereocenters. The zero-order chi connectivity index (χ0) is 15.5. The fourth-order valence-corrected chi connectivity index (χ4v) is 0.914. The SMILES string of the molecule is C=C(C)C(=O)OCCNC(=O)OCCOC(=O)C(C)C. The van der Waals surface area contributed by atoms with Crippen molar-refractivity contribution in [1.82, 2.24) is 5.32 Å². The molecule has 114 valence electrons. The van der Waals surface area contributed by atoms with Crippen molar-refractivity contribution >= 4 is 18.0 Å². The van der Waals surface area contributed by atoms with Gasteiger partial charge in [0.25, 0.3) is 0 Å². The molecule has 0 aliphatic rings. The number of rotatable bonds is 8. The topological polar surface area (TPSA) is 90.9 Å². The predicted molar refractivity (Wildman–Crippen MR) is 70.9 cm³/mol. The zero-order valence-corrected chi connectivity index (χ0v) is 12.1. The Morgan fingerprint density at radius 1 is 1.05 bits per heavy atom. The van der Waals surface area contributed by atoms with Crippen LogP contribution in [0.4, 0.5) is 4.79 Å². The molecule has 0 saturated heterocycles. The zero-order valence-electron chi connectivity index (χ0n) is 12.1. The van der Waals surface area contributed by atoms with E-state index in [1.165, 1.54) is 6.92 Å². The van der Waals surface area contributed by atoms with E-state index in [9.17, 15) is 14.4 Å². The van der Waals surface area contributed by atoms with Gasteiger partial charge in [0.05, 0.1) is 12.5 Å². The van der Waals surface area contributed by atoms with Crippen LogP contribution < -0.4 is 5.32 Å². The van der Waals surface area contributed by atoms with Crippen molar-refractivity contribution in [2.24, 2.45) is 5.92 Å². The highest BCUT2D eigenvalue weighted by atomic mass is 16.6. The Balaban J connectivity index is 3.53. The number of ether oxygens (including phenoxy) is 3. The fraction of sp³-hybridized carbons (Fsp3) is 0.615. The summed E-state index contributed by atoms with van der Waals surface area (Å²) in [6.07, 6.45) is -0.669. The van der Waals surface area contributed by atoms with Crippen LogP contribution in [-0.2, 0) is 23.8 Å². The first kappa shape index (κ1) is 17.9. The molecule has 7 nitrogen and oxygen atoms in total. The summed E-state index contributed by atoms with van der Waals surface area (Å²) in [6, 6.07) is 0. The predicted octanol–water partition coefficient (Wildman–Crippen LogP) is 1.03. The molecule has 0 aliphatic carbocycles. The fourth-order valence-electron chi connectivity index (χ4n) is 0.914. The molecule has 0 unspecified atom stereocenters. The lowest BCUT2D eigenvalue weighted by Crippen LogP contribution is -2.30. The Bertz CT molecular complexity index is 364. The molecule has 0 aromatic carbocycles. The molecule has 20 heavy (non-hydrogen) atoms. The molecule has 0 saturated carbocycles. The van der Waals surface area contributed by atoms with Gasteiger partial charge in [-0.05, 0) is 6.92 Å². The number of esters is 2. The Morgan fingerprint density at radius 2 is 1.65 bits per heavy atom. The summed E-state index contributed by atoms with van der Waals surface area (Å²) in [5, 5.41) is 2.38. The van der Waals surface area contributed by atoms with E-state index in [4.69, 9.17) is 14.2 Å². The summed E-state index contributed by atoms with van der Waals surface area (Å²) in [6.45, 7) is 8.51. The third kappa shape index (κ3) is 8.96. The van der Waals surface area contributed by atoms with Gasteiger partial charge in [-0.15, -0.1) is 0 Å². The highest BCUT2D eigenvalue weighted by Crippen LogP contribution is 1.95. The van der Waals surface area contributed by atoms with Crippen molar-refractivity contribution in [3.8, 4) is 0 Å². The van der Waals surface area contributed by atoms with E-state index in [0.717, 1.165) is 0 Å². The summed E-state index contributed by atoms with van der Waals surface area (Å²) in [5.74, 6) is -1.08. The number of alkyl carbamates (subject to hydrolysis) is 1. The minimum Gasteiger partial charge on any atom is -0.462 e. The third-order valence-electron chi connectivity index (χ3n) is 1.99. The summed E-state index contributed by atoms with van der Waals surface area (Å²) >= 11 is 0. The minimum atomic E-state index is -0.669. The van der Waals surface area contributed by atoms with E-state index < -0.39 is 12.1 Å². The first-order chi connectivity index (χ1) is 9.34. The molecule has 0 rings (SSSR count). The quantitative estimate of drug-likeness (QED) is 0.310. The second-order valence-electron chi connectivity index (χ2n) is 4.30. The largest absolute Gasteiger partial charge is 0.462 e. The van der Waals surface area contributed by atoms with Crippen LogP contribution in [0.25, 0.3) is 0 Å². The van der Waals surface area contributed by atoms with Gasteiger partial charge in [-0.2, -0.15) is 0 Å². The number of carbonyl (C=O) groups excluding carboxylic acids is 3. The van der Waals surface area contributed by atoms with Crippen LogP contribution in [0.2, 0.25) is 0 Å². The summed E-state index contributed by atoms with van der Waals surface area (Å²) < 4.78 is 14.3. The number of hydrogen-bond acceptors (Lipinski definition) is 6. The van der Waals surface area contributed by atoms with Gasteiger partial charge in [-0.3, -0.25) is 4.79 Å². The molecule has 1 N–H and O–H groups in total. The molecule has 1 amide bonds. The maximum absolute atomic E-state index is 11.2. The molecule has 0 heterocycles. The first-order valence-electron chi connectivity index (χ1n) is 6.24. The number of amides is 1. The molecule has 7 heteroatoms.